The molecule has 0 atom stereocenters. The Labute approximate surface area is 143 Å². The number of allylic oxidation sites excluding steroid dienone is 3. The van der Waals surface area contributed by atoms with Crippen molar-refractivity contribution in [1.82, 2.24) is 0 Å². The molecule has 1 heterocycles. The van der Waals surface area contributed by atoms with Crippen molar-refractivity contribution in [3.05, 3.63) is 55.9 Å². The Morgan fingerprint density at radius 1 is 0.708 bits per heavy atom. The highest BCUT2D eigenvalue weighted by molar-refractivity contribution is 6.30. The molecule has 0 amide bonds. The molecule has 24 heavy (non-hydrogen) atoms. The summed E-state index contributed by atoms with van der Waals surface area (Å²) in [7, 11) is 0. The van der Waals surface area contributed by atoms with Gasteiger partial charge in [0, 0.05) is 16.7 Å². The van der Waals surface area contributed by atoms with Gasteiger partial charge in [-0.3, -0.25) is 9.59 Å². The van der Waals surface area contributed by atoms with Crippen LogP contribution in [0.25, 0.3) is 0 Å². The molecule has 0 unspecified atom stereocenters. The first-order valence-electron chi connectivity index (χ1n) is 8.32. The third-order valence-electron chi connectivity index (χ3n) is 5.76. The standard InChI is InChI=1S/C21H24O3/c1-9-10(2)12(4)16-15(11(9)3)19(22)17-13(5)14(6)24-21(7,8)18(17)20(16)23/h1-8H3. The summed E-state index contributed by atoms with van der Waals surface area (Å²) in [4.78, 5) is 26.8. The lowest BCUT2D eigenvalue weighted by atomic mass is 9.71. The Hall–Kier alpha value is -2.16. The number of benzene rings is 1. The maximum atomic E-state index is 13.4. The molecule has 0 radical (unpaired) electrons. The molecular formula is C21H24O3. The zero-order valence-electron chi connectivity index (χ0n) is 15.7. The van der Waals surface area contributed by atoms with Crippen LogP contribution < -0.4 is 0 Å². The molecule has 0 bridgehead atoms. The topological polar surface area (TPSA) is 43.4 Å². The van der Waals surface area contributed by atoms with E-state index in [2.05, 4.69) is 0 Å². The SMILES string of the molecule is CC1=C(C)C2=C(C(=O)c3c(C)c(C)c(C)c(C)c3C2=O)C(C)(C)O1. The number of carbonyl (C=O) groups is 2. The van der Waals surface area contributed by atoms with Crippen LogP contribution in [0.5, 0.6) is 0 Å². The Kier molecular flexibility index (Phi) is 3.42. The number of hydrogen-bond acceptors (Lipinski definition) is 3. The summed E-state index contributed by atoms with van der Waals surface area (Å²) >= 11 is 0. The summed E-state index contributed by atoms with van der Waals surface area (Å²) in [6.07, 6.45) is 0. The van der Waals surface area contributed by atoms with E-state index in [9.17, 15) is 9.59 Å². The molecule has 1 aliphatic heterocycles. The van der Waals surface area contributed by atoms with Crippen molar-refractivity contribution in [2.75, 3.05) is 0 Å². The predicted octanol–water partition coefficient (Wildman–Crippen LogP) is 4.70. The first kappa shape index (κ1) is 16.7. The fourth-order valence-corrected chi connectivity index (χ4v) is 3.98. The van der Waals surface area contributed by atoms with Crippen molar-refractivity contribution in [2.24, 2.45) is 0 Å². The molecule has 1 aromatic rings. The summed E-state index contributed by atoms with van der Waals surface area (Å²) in [5.41, 5.74) is 6.10. The molecular weight excluding hydrogens is 300 g/mol. The van der Waals surface area contributed by atoms with Crippen molar-refractivity contribution in [3.63, 3.8) is 0 Å². The van der Waals surface area contributed by atoms with E-state index in [1.165, 1.54) is 0 Å². The van der Waals surface area contributed by atoms with E-state index in [0.29, 0.717) is 28.0 Å². The molecule has 2 aliphatic rings. The van der Waals surface area contributed by atoms with Gasteiger partial charge < -0.3 is 4.74 Å². The molecule has 3 rings (SSSR count). The molecule has 3 heteroatoms. The van der Waals surface area contributed by atoms with Gasteiger partial charge in [-0.15, -0.1) is 0 Å². The summed E-state index contributed by atoms with van der Waals surface area (Å²) in [6.45, 7) is 15.3. The van der Waals surface area contributed by atoms with Gasteiger partial charge in [0.2, 0.25) is 0 Å². The first-order chi connectivity index (χ1) is 11.0. The third kappa shape index (κ3) is 1.90. The molecule has 3 nitrogen and oxygen atoms in total. The first-order valence-corrected chi connectivity index (χ1v) is 8.32. The summed E-state index contributed by atoms with van der Waals surface area (Å²) in [5.74, 6) is 0.596. The van der Waals surface area contributed by atoms with Gasteiger partial charge in [-0.1, -0.05) is 0 Å². The van der Waals surface area contributed by atoms with Gasteiger partial charge in [0.15, 0.2) is 11.6 Å². The number of ether oxygens (including phenoxy) is 1. The smallest absolute Gasteiger partial charge is 0.195 e. The number of hydrogen-bond donors (Lipinski definition) is 0. The van der Waals surface area contributed by atoms with Gasteiger partial charge in [0.25, 0.3) is 0 Å². The Morgan fingerprint density at radius 2 is 1.17 bits per heavy atom. The fraction of sp³-hybridized carbons (Fsp3) is 0.429. The lowest BCUT2D eigenvalue weighted by Gasteiger charge is -2.39. The van der Waals surface area contributed by atoms with E-state index in [4.69, 9.17) is 4.74 Å². The quantitative estimate of drug-likeness (QED) is 0.695. The minimum Gasteiger partial charge on any atom is -0.487 e. The fourth-order valence-electron chi connectivity index (χ4n) is 3.98. The highest BCUT2D eigenvalue weighted by Crippen LogP contribution is 2.44. The molecule has 0 fully saturated rings. The Balaban J connectivity index is 2.46. The largest absolute Gasteiger partial charge is 0.487 e. The van der Waals surface area contributed by atoms with Crippen LogP contribution in [0.4, 0.5) is 0 Å². The van der Waals surface area contributed by atoms with Crippen molar-refractivity contribution < 1.29 is 14.3 Å². The lowest BCUT2D eigenvalue weighted by molar-refractivity contribution is 0.0526. The number of rotatable bonds is 0. The summed E-state index contributed by atoms with van der Waals surface area (Å²) < 4.78 is 5.96. The molecule has 126 valence electrons. The molecule has 1 aromatic carbocycles. The van der Waals surface area contributed by atoms with E-state index in [1.54, 1.807) is 0 Å². The highest BCUT2D eigenvalue weighted by atomic mass is 16.5. The predicted molar refractivity (Wildman–Crippen MR) is 94.6 cm³/mol. The lowest BCUT2D eigenvalue weighted by Crippen LogP contribution is -2.40. The van der Waals surface area contributed by atoms with Crippen LogP contribution in [0.2, 0.25) is 0 Å². The van der Waals surface area contributed by atoms with E-state index in [1.807, 2.05) is 55.4 Å². The molecule has 0 spiro atoms. The van der Waals surface area contributed by atoms with Gasteiger partial charge in [-0.05, 0) is 83.2 Å². The maximum absolute atomic E-state index is 13.4. The maximum Gasteiger partial charge on any atom is 0.195 e. The van der Waals surface area contributed by atoms with Crippen LogP contribution in [0, 0.1) is 27.7 Å². The summed E-state index contributed by atoms with van der Waals surface area (Å²) in [6, 6.07) is 0. The molecule has 0 saturated carbocycles. The third-order valence-corrected chi connectivity index (χ3v) is 5.76. The van der Waals surface area contributed by atoms with Gasteiger partial charge in [-0.2, -0.15) is 0 Å². The van der Waals surface area contributed by atoms with Crippen LogP contribution >= 0.6 is 0 Å². The van der Waals surface area contributed by atoms with Crippen LogP contribution in [0.1, 0.15) is 70.7 Å². The monoisotopic (exact) mass is 324 g/mol. The second-order valence-electron chi connectivity index (χ2n) is 7.45. The minimum absolute atomic E-state index is 0.0449. The van der Waals surface area contributed by atoms with Crippen LogP contribution in [0.3, 0.4) is 0 Å². The van der Waals surface area contributed by atoms with Crippen LogP contribution in [0.15, 0.2) is 22.5 Å². The average Bonchev–Trinajstić information content (AvgIpc) is 2.49. The van der Waals surface area contributed by atoms with E-state index >= 15 is 0 Å². The molecule has 0 N–H and O–H groups in total. The number of carbonyl (C=O) groups excluding carboxylic acids is 2. The van der Waals surface area contributed by atoms with Gasteiger partial charge in [0.05, 0.1) is 11.3 Å². The van der Waals surface area contributed by atoms with Crippen molar-refractivity contribution in [2.45, 2.75) is 61.0 Å². The number of Topliss-reactive ketones (excluding diaryl/α,β-unsaturated/α-hetero) is 2. The van der Waals surface area contributed by atoms with Crippen LogP contribution in [-0.4, -0.2) is 17.2 Å². The Bertz CT molecular complexity index is 892. The van der Waals surface area contributed by atoms with Crippen LogP contribution in [-0.2, 0) is 4.74 Å². The Morgan fingerprint density at radius 3 is 1.67 bits per heavy atom. The molecule has 1 aliphatic carbocycles. The van der Waals surface area contributed by atoms with E-state index < -0.39 is 5.60 Å². The van der Waals surface area contributed by atoms with E-state index in [0.717, 1.165) is 27.8 Å². The summed E-state index contributed by atoms with van der Waals surface area (Å²) in [5, 5.41) is 0. The number of fused-ring (bicyclic) bond motifs is 1. The second kappa shape index (κ2) is 4.92. The van der Waals surface area contributed by atoms with Gasteiger partial charge in [0.1, 0.15) is 5.60 Å². The number of ketones is 2. The normalized spacial score (nSPS) is 19.3. The van der Waals surface area contributed by atoms with Crippen molar-refractivity contribution >= 4 is 11.6 Å². The van der Waals surface area contributed by atoms with Gasteiger partial charge >= 0.3 is 0 Å². The van der Waals surface area contributed by atoms with Crippen molar-refractivity contribution in [3.8, 4) is 0 Å². The zero-order valence-corrected chi connectivity index (χ0v) is 15.7. The van der Waals surface area contributed by atoms with E-state index in [-0.39, 0.29) is 11.6 Å². The van der Waals surface area contributed by atoms with Crippen molar-refractivity contribution in [1.29, 1.82) is 0 Å². The second-order valence-corrected chi connectivity index (χ2v) is 7.45. The molecule has 0 saturated heterocycles. The molecule has 0 aromatic heterocycles. The highest BCUT2D eigenvalue weighted by Gasteiger charge is 2.46. The average molecular weight is 324 g/mol. The zero-order chi connectivity index (χ0) is 18.1. The minimum atomic E-state index is -0.803. The van der Waals surface area contributed by atoms with Gasteiger partial charge in [-0.25, -0.2) is 0 Å².